The lowest BCUT2D eigenvalue weighted by Crippen LogP contribution is -1.82. The highest BCUT2D eigenvalue weighted by molar-refractivity contribution is 14.2. The van der Waals surface area contributed by atoms with Crippen molar-refractivity contribution in [3.63, 3.8) is 0 Å². The predicted molar refractivity (Wildman–Crippen MR) is 74.7 cm³/mol. The van der Waals surface area contributed by atoms with Gasteiger partial charge in [0.2, 0.25) is 0 Å². The van der Waals surface area contributed by atoms with E-state index in [-0.39, 0.29) is 0 Å². The monoisotopic (exact) mass is 394 g/mol. The summed E-state index contributed by atoms with van der Waals surface area (Å²) in [6, 6.07) is 15.0. The van der Waals surface area contributed by atoms with E-state index in [0.29, 0.717) is 1.93 Å². The minimum absolute atomic E-state index is 0.543. The van der Waals surface area contributed by atoms with Crippen molar-refractivity contribution in [1.29, 1.82) is 0 Å². The molecule has 0 spiro atoms. The molecule has 0 saturated heterocycles. The minimum atomic E-state index is 0.543. The second kappa shape index (κ2) is 4.13. The van der Waals surface area contributed by atoms with Crippen LogP contribution < -0.4 is 0 Å². The first kappa shape index (κ1) is 9.71. The Labute approximate surface area is 105 Å². The van der Waals surface area contributed by atoms with Crippen molar-refractivity contribution in [3.05, 3.63) is 48.0 Å². The number of rotatable bonds is 1. The first-order valence-corrected chi connectivity index (χ1v) is 6.54. The van der Waals surface area contributed by atoms with Crippen molar-refractivity contribution in [1.82, 2.24) is 0 Å². The fourth-order valence-electron chi connectivity index (χ4n) is 1.44. The van der Waals surface area contributed by atoms with Crippen LogP contribution in [0.15, 0.2) is 42.5 Å². The Balaban J connectivity index is 2.76. The summed E-state index contributed by atoms with van der Waals surface area (Å²) in [5.74, 6) is 0. The number of hydrogen-bond acceptors (Lipinski definition) is 0. The third kappa shape index (κ3) is 1.98. The summed E-state index contributed by atoms with van der Waals surface area (Å²) in [4.78, 5) is 0. The molecule has 0 aliphatic rings. The first-order chi connectivity index (χ1) is 6.29. The molecular weight excluding hydrogens is 386 g/mol. The second-order valence-corrected chi connectivity index (χ2v) is 7.74. The summed E-state index contributed by atoms with van der Waals surface area (Å²) in [5.41, 5.74) is 1.42. The van der Waals surface area contributed by atoms with Crippen LogP contribution in [0.1, 0.15) is 7.49 Å². The Kier molecular flexibility index (Phi) is 3.08. The van der Waals surface area contributed by atoms with E-state index >= 15 is 0 Å². The van der Waals surface area contributed by atoms with Gasteiger partial charge in [-0.25, -0.2) is 0 Å². The molecule has 2 aromatic carbocycles. The Bertz CT molecular complexity index is 416. The summed E-state index contributed by atoms with van der Waals surface area (Å²) >= 11 is 4.89. The van der Waals surface area contributed by atoms with Crippen molar-refractivity contribution in [2.45, 2.75) is 1.93 Å². The Morgan fingerprint density at radius 1 is 0.846 bits per heavy atom. The molecule has 13 heavy (non-hydrogen) atoms. The molecule has 0 bridgehead atoms. The molecule has 0 atom stereocenters. The van der Waals surface area contributed by atoms with E-state index in [0.717, 1.165) is 0 Å². The highest BCUT2D eigenvalue weighted by Gasteiger charge is 2.05. The lowest BCUT2D eigenvalue weighted by molar-refractivity contribution is 1.52. The van der Waals surface area contributed by atoms with Crippen molar-refractivity contribution >= 4 is 56.0 Å². The molecule has 0 saturated carbocycles. The van der Waals surface area contributed by atoms with E-state index < -0.39 is 0 Å². The molecule has 0 aliphatic carbocycles. The van der Waals surface area contributed by atoms with Gasteiger partial charge in [-0.15, -0.1) is 0 Å². The number of hydrogen-bond donors (Lipinski definition) is 0. The maximum atomic E-state index is 2.44. The van der Waals surface area contributed by atoms with E-state index in [4.69, 9.17) is 0 Å². The normalized spacial score (nSPS) is 11.0. The lowest BCUT2D eigenvalue weighted by Gasteiger charge is -2.06. The smallest absolute Gasteiger partial charge is 0.0657 e. The molecule has 0 heterocycles. The van der Waals surface area contributed by atoms with Gasteiger partial charge in [0.25, 0.3) is 0 Å². The Hall–Kier alpha value is 0.160. The molecule has 0 unspecified atom stereocenters. The molecule has 0 nitrogen and oxygen atoms in total. The SMILES string of the molecule is IC(I)c1cccc2ccccc12. The quantitative estimate of drug-likeness (QED) is 0.486. The van der Waals surface area contributed by atoms with E-state index in [1.807, 2.05) is 0 Å². The van der Waals surface area contributed by atoms with Crippen molar-refractivity contribution in [2.75, 3.05) is 0 Å². The summed E-state index contributed by atoms with van der Waals surface area (Å²) in [6.45, 7) is 0. The summed E-state index contributed by atoms with van der Waals surface area (Å²) in [7, 11) is 0. The van der Waals surface area contributed by atoms with Crippen molar-refractivity contribution in [3.8, 4) is 0 Å². The molecule has 2 heteroatoms. The third-order valence-corrected chi connectivity index (χ3v) is 3.40. The molecule has 0 amide bonds. The van der Waals surface area contributed by atoms with Crippen LogP contribution in [0.25, 0.3) is 10.8 Å². The van der Waals surface area contributed by atoms with Gasteiger partial charge in [0.1, 0.15) is 0 Å². The zero-order chi connectivity index (χ0) is 9.26. The summed E-state index contributed by atoms with van der Waals surface area (Å²) in [5, 5.41) is 2.71. The van der Waals surface area contributed by atoms with Crippen LogP contribution in [-0.2, 0) is 0 Å². The van der Waals surface area contributed by atoms with Crippen molar-refractivity contribution < 1.29 is 0 Å². The molecule has 0 radical (unpaired) electrons. The van der Waals surface area contributed by atoms with Gasteiger partial charge < -0.3 is 0 Å². The van der Waals surface area contributed by atoms with E-state index in [1.54, 1.807) is 0 Å². The molecule has 2 rings (SSSR count). The zero-order valence-corrected chi connectivity index (χ0v) is 11.2. The largest absolute Gasteiger partial charge is 0.0880 e. The van der Waals surface area contributed by atoms with Gasteiger partial charge in [-0.2, -0.15) is 0 Å². The Morgan fingerprint density at radius 2 is 1.54 bits per heavy atom. The molecule has 66 valence electrons. The van der Waals surface area contributed by atoms with Gasteiger partial charge >= 0.3 is 0 Å². The van der Waals surface area contributed by atoms with Gasteiger partial charge in [0.05, 0.1) is 1.93 Å². The fourth-order valence-corrected chi connectivity index (χ4v) is 2.53. The molecule has 0 N–H and O–H groups in total. The average Bonchev–Trinajstić information content (AvgIpc) is 2.17. The van der Waals surface area contributed by atoms with Gasteiger partial charge in [-0.3, -0.25) is 0 Å². The Morgan fingerprint density at radius 3 is 2.31 bits per heavy atom. The fraction of sp³-hybridized carbons (Fsp3) is 0.0909. The average molecular weight is 394 g/mol. The van der Waals surface area contributed by atoms with Gasteiger partial charge in [-0.1, -0.05) is 87.6 Å². The van der Waals surface area contributed by atoms with Crippen LogP contribution in [-0.4, -0.2) is 0 Å². The summed E-state index contributed by atoms with van der Waals surface area (Å²) < 4.78 is 0.543. The van der Waals surface area contributed by atoms with Crippen LogP contribution >= 0.6 is 45.2 Å². The van der Waals surface area contributed by atoms with Crippen LogP contribution in [0.4, 0.5) is 0 Å². The van der Waals surface area contributed by atoms with Gasteiger partial charge in [-0.05, 0) is 16.3 Å². The van der Waals surface area contributed by atoms with Crippen LogP contribution in [0.5, 0.6) is 0 Å². The number of benzene rings is 2. The number of halogens is 2. The van der Waals surface area contributed by atoms with Gasteiger partial charge in [0, 0.05) is 0 Å². The molecule has 0 fully saturated rings. The standard InChI is InChI=1S/C11H8I2/c12-11(13)10-7-3-5-8-4-1-2-6-9(8)10/h1-7,11H. The van der Waals surface area contributed by atoms with Crippen molar-refractivity contribution in [2.24, 2.45) is 0 Å². The van der Waals surface area contributed by atoms with Crippen LogP contribution in [0.3, 0.4) is 0 Å². The number of fused-ring (bicyclic) bond motifs is 1. The second-order valence-electron chi connectivity index (χ2n) is 2.87. The summed E-state index contributed by atoms with van der Waals surface area (Å²) in [6.07, 6.45) is 0. The maximum Gasteiger partial charge on any atom is 0.0880 e. The highest BCUT2D eigenvalue weighted by Crippen LogP contribution is 2.34. The van der Waals surface area contributed by atoms with E-state index in [1.165, 1.54) is 16.3 Å². The zero-order valence-electron chi connectivity index (χ0n) is 6.87. The third-order valence-electron chi connectivity index (χ3n) is 2.06. The van der Waals surface area contributed by atoms with Crippen LogP contribution in [0.2, 0.25) is 0 Å². The maximum absolute atomic E-state index is 2.44. The lowest BCUT2D eigenvalue weighted by atomic mass is 10.1. The molecular formula is C11H8I2. The van der Waals surface area contributed by atoms with Crippen LogP contribution in [0, 0.1) is 0 Å². The van der Waals surface area contributed by atoms with Gasteiger partial charge in [0.15, 0.2) is 0 Å². The van der Waals surface area contributed by atoms with E-state index in [9.17, 15) is 0 Å². The topological polar surface area (TPSA) is 0 Å². The number of alkyl halides is 2. The minimum Gasteiger partial charge on any atom is -0.0657 e. The highest BCUT2D eigenvalue weighted by atomic mass is 127. The first-order valence-electron chi connectivity index (χ1n) is 4.05. The molecule has 0 aromatic heterocycles. The molecule has 2 aromatic rings. The predicted octanol–water partition coefficient (Wildman–Crippen LogP) is 4.71. The van der Waals surface area contributed by atoms with E-state index in [2.05, 4.69) is 87.6 Å². The molecule has 0 aliphatic heterocycles.